The van der Waals surface area contributed by atoms with E-state index in [1.54, 1.807) is 6.07 Å². The van der Waals surface area contributed by atoms with Gasteiger partial charge in [0.15, 0.2) is 0 Å². The molecule has 0 aromatic heterocycles. The van der Waals surface area contributed by atoms with Crippen molar-refractivity contribution in [3.05, 3.63) is 48.5 Å². The van der Waals surface area contributed by atoms with Gasteiger partial charge in [-0.3, -0.25) is 0 Å². The largest absolute Gasteiger partial charge is 0.507 e. The number of phenols is 1. The van der Waals surface area contributed by atoms with E-state index in [9.17, 15) is 5.11 Å². The van der Waals surface area contributed by atoms with Crippen molar-refractivity contribution in [2.45, 2.75) is 0 Å². The van der Waals surface area contributed by atoms with Crippen LogP contribution in [0.1, 0.15) is 0 Å². The van der Waals surface area contributed by atoms with Gasteiger partial charge in [0, 0.05) is 25.3 Å². The van der Waals surface area contributed by atoms with Crippen molar-refractivity contribution >= 4 is 5.69 Å². The molecule has 1 N–H and O–H groups in total. The van der Waals surface area contributed by atoms with Gasteiger partial charge in [-0.15, -0.1) is 0 Å². The van der Waals surface area contributed by atoms with Crippen molar-refractivity contribution < 1.29 is 5.11 Å². The van der Waals surface area contributed by atoms with E-state index in [1.165, 1.54) is 0 Å². The molecule has 0 spiro atoms. The van der Waals surface area contributed by atoms with Crippen molar-refractivity contribution in [2.24, 2.45) is 0 Å². The first kappa shape index (κ1) is 10.6. The minimum absolute atomic E-state index is 0.316. The lowest BCUT2D eigenvalue weighted by molar-refractivity contribution is 0.477. The second kappa shape index (κ2) is 4.27. The highest BCUT2D eigenvalue weighted by atomic mass is 16.3. The van der Waals surface area contributed by atoms with Gasteiger partial charge >= 0.3 is 0 Å². The summed E-state index contributed by atoms with van der Waals surface area (Å²) in [7, 11) is 3.97. The van der Waals surface area contributed by atoms with E-state index in [1.807, 2.05) is 61.5 Å². The lowest BCUT2D eigenvalue weighted by Crippen LogP contribution is -2.08. The van der Waals surface area contributed by atoms with Crippen molar-refractivity contribution in [1.29, 1.82) is 0 Å². The van der Waals surface area contributed by atoms with Crippen LogP contribution in [0, 0.1) is 0 Å². The maximum atomic E-state index is 9.85. The number of hydrogen-bond donors (Lipinski definition) is 1. The summed E-state index contributed by atoms with van der Waals surface area (Å²) >= 11 is 0. The van der Waals surface area contributed by atoms with Crippen LogP contribution in [0.4, 0.5) is 5.69 Å². The first-order valence-corrected chi connectivity index (χ1v) is 5.24. The Balaban J connectivity index is 2.52. The van der Waals surface area contributed by atoms with Crippen LogP contribution in [0.2, 0.25) is 0 Å². The fourth-order valence-corrected chi connectivity index (χ4v) is 1.65. The first-order chi connectivity index (χ1) is 7.68. The fraction of sp³-hybridized carbons (Fsp3) is 0.143. The Kier molecular flexibility index (Phi) is 2.82. The van der Waals surface area contributed by atoms with Gasteiger partial charge in [-0.05, 0) is 23.8 Å². The molecule has 82 valence electrons. The van der Waals surface area contributed by atoms with Crippen LogP contribution >= 0.6 is 0 Å². The summed E-state index contributed by atoms with van der Waals surface area (Å²) < 4.78 is 0. The normalized spacial score (nSPS) is 10.1. The molecule has 0 aliphatic carbocycles. The van der Waals surface area contributed by atoms with Crippen LogP contribution in [0.25, 0.3) is 11.1 Å². The molecule has 0 bridgehead atoms. The highest BCUT2D eigenvalue weighted by Gasteiger charge is 2.05. The smallest absolute Gasteiger partial charge is 0.123 e. The molecule has 0 aliphatic heterocycles. The Morgan fingerprint density at radius 3 is 2.25 bits per heavy atom. The van der Waals surface area contributed by atoms with E-state index in [0.29, 0.717) is 5.75 Å². The lowest BCUT2D eigenvalue weighted by atomic mass is 10.0. The monoisotopic (exact) mass is 213 g/mol. The van der Waals surface area contributed by atoms with Crippen LogP contribution in [0.5, 0.6) is 5.75 Å². The molecule has 0 saturated heterocycles. The average Bonchev–Trinajstić information content (AvgIpc) is 2.30. The van der Waals surface area contributed by atoms with E-state index >= 15 is 0 Å². The molecule has 2 aromatic rings. The molecule has 0 fully saturated rings. The average molecular weight is 213 g/mol. The number of anilines is 1. The number of hydrogen-bond acceptors (Lipinski definition) is 2. The minimum Gasteiger partial charge on any atom is -0.507 e. The molecule has 2 aromatic carbocycles. The molecule has 0 atom stereocenters. The van der Waals surface area contributed by atoms with Gasteiger partial charge in [0.1, 0.15) is 5.75 Å². The quantitative estimate of drug-likeness (QED) is 0.828. The third-order valence-electron chi connectivity index (χ3n) is 2.58. The van der Waals surface area contributed by atoms with Gasteiger partial charge in [-0.25, -0.2) is 0 Å². The third-order valence-corrected chi connectivity index (χ3v) is 2.58. The van der Waals surface area contributed by atoms with E-state index < -0.39 is 0 Å². The van der Waals surface area contributed by atoms with E-state index in [0.717, 1.165) is 16.8 Å². The van der Waals surface area contributed by atoms with Crippen LogP contribution < -0.4 is 4.90 Å². The Labute approximate surface area is 95.8 Å². The van der Waals surface area contributed by atoms with E-state index in [2.05, 4.69) is 0 Å². The second-order valence-corrected chi connectivity index (χ2v) is 3.96. The van der Waals surface area contributed by atoms with Gasteiger partial charge in [0.05, 0.1) is 0 Å². The van der Waals surface area contributed by atoms with E-state index in [-0.39, 0.29) is 0 Å². The Hall–Kier alpha value is -1.96. The van der Waals surface area contributed by atoms with Crippen molar-refractivity contribution in [3.63, 3.8) is 0 Å². The highest BCUT2D eigenvalue weighted by molar-refractivity contribution is 5.74. The van der Waals surface area contributed by atoms with Crippen LogP contribution in [0.15, 0.2) is 48.5 Å². The number of rotatable bonds is 2. The van der Waals surface area contributed by atoms with Gasteiger partial charge in [-0.2, -0.15) is 0 Å². The zero-order chi connectivity index (χ0) is 11.5. The van der Waals surface area contributed by atoms with Gasteiger partial charge in [0.25, 0.3) is 0 Å². The van der Waals surface area contributed by atoms with Crippen LogP contribution in [0.3, 0.4) is 0 Å². The lowest BCUT2D eigenvalue weighted by Gasteiger charge is -2.14. The molecule has 0 saturated carbocycles. The number of nitrogens with zero attached hydrogens (tertiary/aromatic N) is 1. The predicted octanol–water partition coefficient (Wildman–Crippen LogP) is 3.13. The first-order valence-electron chi connectivity index (χ1n) is 5.24. The summed E-state index contributed by atoms with van der Waals surface area (Å²) in [6.45, 7) is 0. The van der Waals surface area contributed by atoms with Gasteiger partial charge < -0.3 is 10.0 Å². The topological polar surface area (TPSA) is 23.5 Å². The zero-order valence-electron chi connectivity index (χ0n) is 9.51. The highest BCUT2D eigenvalue weighted by Crippen LogP contribution is 2.32. The molecule has 0 heterocycles. The maximum Gasteiger partial charge on any atom is 0.123 e. The Morgan fingerprint density at radius 2 is 1.62 bits per heavy atom. The molecule has 0 unspecified atom stereocenters. The summed E-state index contributed by atoms with van der Waals surface area (Å²) in [5.41, 5.74) is 2.98. The number of benzene rings is 2. The number of phenolic OH excluding ortho intramolecular Hbond substituents is 1. The third kappa shape index (κ3) is 2.01. The Morgan fingerprint density at radius 1 is 0.938 bits per heavy atom. The predicted molar refractivity (Wildman–Crippen MR) is 67.9 cm³/mol. The SMILES string of the molecule is CN(C)c1ccc(O)c(-c2ccccc2)c1. The maximum absolute atomic E-state index is 9.85. The standard InChI is InChI=1S/C14H15NO/c1-15(2)12-8-9-14(16)13(10-12)11-6-4-3-5-7-11/h3-10,16H,1-2H3. The van der Waals surface area contributed by atoms with Crippen molar-refractivity contribution in [2.75, 3.05) is 19.0 Å². The summed E-state index contributed by atoms with van der Waals surface area (Å²) in [5.74, 6) is 0.316. The van der Waals surface area contributed by atoms with Crippen molar-refractivity contribution in [1.82, 2.24) is 0 Å². The zero-order valence-corrected chi connectivity index (χ0v) is 9.51. The second-order valence-electron chi connectivity index (χ2n) is 3.96. The van der Waals surface area contributed by atoms with Crippen LogP contribution in [-0.2, 0) is 0 Å². The summed E-state index contributed by atoms with van der Waals surface area (Å²) in [5, 5.41) is 9.85. The van der Waals surface area contributed by atoms with Gasteiger partial charge in [0.2, 0.25) is 0 Å². The molecule has 0 radical (unpaired) electrons. The molecule has 2 heteroatoms. The summed E-state index contributed by atoms with van der Waals surface area (Å²) in [6, 6.07) is 15.5. The Bertz CT molecular complexity index is 477. The summed E-state index contributed by atoms with van der Waals surface area (Å²) in [6.07, 6.45) is 0. The van der Waals surface area contributed by atoms with Crippen LogP contribution in [-0.4, -0.2) is 19.2 Å². The molecule has 2 nitrogen and oxygen atoms in total. The molecule has 2 rings (SSSR count). The number of aromatic hydroxyl groups is 1. The van der Waals surface area contributed by atoms with Crippen molar-refractivity contribution in [3.8, 4) is 16.9 Å². The molecule has 16 heavy (non-hydrogen) atoms. The molecule has 0 aliphatic rings. The molecule has 0 amide bonds. The fourth-order valence-electron chi connectivity index (χ4n) is 1.65. The van der Waals surface area contributed by atoms with Gasteiger partial charge in [-0.1, -0.05) is 30.3 Å². The molecular weight excluding hydrogens is 198 g/mol. The summed E-state index contributed by atoms with van der Waals surface area (Å²) in [4.78, 5) is 2.02. The van der Waals surface area contributed by atoms with E-state index in [4.69, 9.17) is 0 Å². The molecular formula is C14H15NO. The minimum atomic E-state index is 0.316.